The lowest BCUT2D eigenvalue weighted by Crippen LogP contribution is -2.27. The van der Waals surface area contributed by atoms with Gasteiger partial charge >= 0.3 is 0 Å². The Morgan fingerprint density at radius 2 is 2.00 bits per heavy atom. The molecule has 0 aliphatic carbocycles. The maximum Gasteiger partial charge on any atom is 0.270 e. The molecular formula is C19H15IN2O5S2. The molecule has 1 fully saturated rings. The van der Waals surface area contributed by atoms with Gasteiger partial charge in [-0.15, -0.1) is 0 Å². The van der Waals surface area contributed by atoms with Crippen LogP contribution in [0.1, 0.15) is 12.5 Å². The summed E-state index contributed by atoms with van der Waals surface area (Å²) in [4.78, 5) is 25.1. The first-order valence-electron chi connectivity index (χ1n) is 8.38. The van der Waals surface area contributed by atoms with E-state index in [2.05, 4.69) is 22.6 Å². The van der Waals surface area contributed by atoms with Crippen molar-refractivity contribution in [3.05, 3.63) is 60.6 Å². The fourth-order valence-electron chi connectivity index (χ4n) is 2.70. The highest BCUT2D eigenvalue weighted by Crippen LogP contribution is 2.39. The molecule has 0 unspecified atom stereocenters. The molecule has 0 spiro atoms. The third-order valence-electron chi connectivity index (χ3n) is 3.95. The van der Waals surface area contributed by atoms with Crippen molar-refractivity contribution in [3.8, 4) is 11.5 Å². The minimum atomic E-state index is -0.491. The summed E-state index contributed by atoms with van der Waals surface area (Å²) in [5.74, 6) is 0.958. The topological polar surface area (TPSA) is 81.9 Å². The Labute approximate surface area is 190 Å². The molecule has 0 bridgehead atoms. The largest absolute Gasteiger partial charge is 0.492 e. The lowest BCUT2D eigenvalue weighted by Gasteiger charge is -2.14. The van der Waals surface area contributed by atoms with E-state index in [1.54, 1.807) is 13.2 Å². The minimum Gasteiger partial charge on any atom is -0.492 e. The van der Waals surface area contributed by atoms with Crippen molar-refractivity contribution in [2.24, 2.45) is 0 Å². The summed E-state index contributed by atoms with van der Waals surface area (Å²) in [5.41, 5.74) is 1.22. The Hall–Kier alpha value is -2.18. The van der Waals surface area contributed by atoms with Gasteiger partial charge in [0, 0.05) is 12.1 Å². The van der Waals surface area contributed by atoms with Gasteiger partial charge < -0.3 is 9.47 Å². The van der Waals surface area contributed by atoms with Gasteiger partial charge in [0.25, 0.3) is 11.6 Å². The fourth-order valence-corrected chi connectivity index (χ4v) is 4.84. The number of hydrogen-bond donors (Lipinski definition) is 0. The Bertz CT molecular complexity index is 1020. The van der Waals surface area contributed by atoms with Crippen LogP contribution in [-0.4, -0.2) is 28.9 Å². The quantitative estimate of drug-likeness (QED) is 0.167. The molecule has 150 valence electrons. The van der Waals surface area contributed by atoms with Crippen molar-refractivity contribution in [3.63, 3.8) is 0 Å². The van der Waals surface area contributed by atoms with Gasteiger partial charge in [0.2, 0.25) is 0 Å². The van der Waals surface area contributed by atoms with Crippen molar-refractivity contribution in [1.82, 2.24) is 0 Å². The van der Waals surface area contributed by atoms with Gasteiger partial charge in [-0.1, -0.05) is 24.0 Å². The van der Waals surface area contributed by atoms with Crippen LogP contribution in [0, 0.1) is 13.7 Å². The van der Waals surface area contributed by atoms with E-state index in [4.69, 9.17) is 21.7 Å². The van der Waals surface area contributed by atoms with Crippen LogP contribution in [0.5, 0.6) is 11.5 Å². The molecule has 1 amide bonds. The van der Waals surface area contributed by atoms with Crippen LogP contribution >= 0.6 is 46.6 Å². The van der Waals surface area contributed by atoms with Gasteiger partial charge in [-0.05, 0) is 65.4 Å². The van der Waals surface area contributed by atoms with Crippen LogP contribution in [0.3, 0.4) is 0 Å². The highest BCUT2D eigenvalue weighted by atomic mass is 127. The molecule has 29 heavy (non-hydrogen) atoms. The summed E-state index contributed by atoms with van der Waals surface area (Å²) >= 11 is 8.69. The molecule has 0 saturated carbocycles. The Kier molecular flexibility index (Phi) is 6.75. The lowest BCUT2D eigenvalue weighted by molar-refractivity contribution is -0.384. The average molecular weight is 542 g/mol. The summed E-state index contributed by atoms with van der Waals surface area (Å²) in [6.07, 6.45) is 1.74. The van der Waals surface area contributed by atoms with E-state index >= 15 is 0 Å². The van der Waals surface area contributed by atoms with Crippen LogP contribution < -0.4 is 14.4 Å². The zero-order valence-corrected chi connectivity index (χ0v) is 19.2. The number of halogens is 1. The van der Waals surface area contributed by atoms with E-state index in [0.717, 1.165) is 9.13 Å². The third-order valence-corrected chi connectivity index (χ3v) is 6.05. The molecule has 2 aromatic carbocycles. The summed E-state index contributed by atoms with van der Waals surface area (Å²) in [5, 5.41) is 10.8. The number of ether oxygens (including phenoxy) is 2. The number of non-ortho nitro benzene ring substituents is 1. The molecule has 0 aromatic heterocycles. The summed E-state index contributed by atoms with van der Waals surface area (Å²) in [6.45, 7) is 2.37. The zero-order valence-electron chi connectivity index (χ0n) is 15.4. The smallest absolute Gasteiger partial charge is 0.270 e. The summed E-state index contributed by atoms with van der Waals surface area (Å²) in [7, 11) is 1.58. The predicted molar refractivity (Wildman–Crippen MR) is 126 cm³/mol. The molecule has 1 aliphatic rings. The van der Waals surface area contributed by atoms with E-state index in [9.17, 15) is 14.9 Å². The van der Waals surface area contributed by atoms with E-state index < -0.39 is 4.92 Å². The highest BCUT2D eigenvalue weighted by Gasteiger charge is 2.33. The van der Waals surface area contributed by atoms with Crippen LogP contribution in [0.4, 0.5) is 11.4 Å². The standard InChI is InChI=1S/C19H15IN2O5S2/c1-3-27-15-9-11(8-14(20)17(15)26-2)10-16-18(23)21(19(28)29-16)12-4-6-13(7-5-12)22(24)25/h4-10H,3H2,1-2H3/b16-10-. The molecule has 0 radical (unpaired) electrons. The van der Waals surface area contributed by atoms with Crippen molar-refractivity contribution < 1.29 is 19.2 Å². The second-order valence-corrected chi connectivity index (χ2v) is 8.60. The Morgan fingerprint density at radius 3 is 2.59 bits per heavy atom. The molecule has 1 aliphatic heterocycles. The number of carbonyl (C=O) groups excluding carboxylic acids is 1. The number of hydrogen-bond acceptors (Lipinski definition) is 7. The molecule has 1 saturated heterocycles. The number of nitro benzene ring substituents is 1. The van der Waals surface area contributed by atoms with Crippen LogP contribution in [0.25, 0.3) is 6.08 Å². The van der Waals surface area contributed by atoms with Gasteiger partial charge in [0.05, 0.1) is 32.8 Å². The first-order chi connectivity index (χ1) is 13.8. The van der Waals surface area contributed by atoms with Gasteiger partial charge in [-0.3, -0.25) is 19.8 Å². The molecule has 3 rings (SSSR count). The number of thioether (sulfide) groups is 1. The van der Waals surface area contributed by atoms with Crippen LogP contribution in [0.2, 0.25) is 0 Å². The second-order valence-electron chi connectivity index (χ2n) is 5.76. The molecule has 2 aromatic rings. The maximum atomic E-state index is 12.9. The number of rotatable bonds is 6. The number of nitro groups is 1. The number of benzene rings is 2. The van der Waals surface area contributed by atoms with Crippen molar-refractivity contribution >= 4 is 74.2 Å². The van der Waals surface area contributed by atoms with Crippen molar-refractivity contribution in [1.29, 1.82) is 0 Å². The highest BCUT2D eigenvalue weighted by molar-refractivity contribution is 14.1. The van der Waals surface area contributed by atoms with Gasteiger partial charge in [0.15, 0.2) is 15.8 Å². The van der Waals surface area contributed by atoms with Gasteiger partial charge in [0.1, 0.15) is 0 Å². The van der Waals surface area contributed by atoms with Crippen LogP contribution in [0.15, 0.2) is 41.3 Å². The number of carbonyl (C=O) groups is 1. The van der Waals surface area contributed by atoms with Crippen LogP contribution in [-0.2, 0) is 4.79 Å². The molecule has 7 nitrogen and oxygen atoms in total. The summed E-state index contributed by atoms with van der Waals surface area (Å²) in [6, 6.07) is 9.41. The average Bonchev–Trinajstić information content (AvgIpc) is 2.95. The lowest BCUT2D eigenvalue weighted by atomic mass is 10.1. The Balaban J connectivity index is 1.93. The normalized spacial score (nSPS) is 15.1. The van der Waals surface area contributed by atoms with E-state index in [-0.39, 0.29) is 11.6 Å². The third kappa shape index (κ3) is 4.54. The number of methoxy groups -OCH3 is 1. The van der Waals surface area contributed by atoms with Crippen molar-refractivity contribution in [2.45, 2.75) is 6.92 Å². The SMILES string of the molecule is CCOc1cc(/C=C2\SC(=S)N(c3ccc([N+](=O)[O-])cc3)C2=O)cc(I)c1OC. The van der Waals surface area contributed by atoms with E-state index in [0.29, 0.717) is 33.0 Å². The maximum absolute atomic E-state index is 12.9. The number of amides is 1. The van der Waals surface area contributed by atoms with Crippen molar-refractivity contribution in [2.75, 3.05) is 18.6 Å². The molecule has 0 N–H and O–H groups in total. The van der Waals surface area contributed by atoms with Gasteiger partial charge in [-0.25, -0.2) is 0 Å². The molecule has 0 atom stereocenters. The Morgan fingerprint density at radius 1 is 1.31 bits per heavy atom. The molecule has 10 heteroatoms. The molecule has 1 heterocycles. The predicted octanol–water partition coefficient (Wildman–Crippen LogP) is 5.01. The monoisotopic (exact) mass is 542 g/mol. The zero-order chi connectivity index (χ0) is 21.1. The minimum absolute atomic E-state index is 0.0500. The van der Waals surface area contributed by atoms with Gasteiger partial charge in [-0.2, -0.15) is 0 Å². The van der Waals surface area contributed by atoms with E-state index in [1.807, 2.05) is 19.1 Å². The fraction of sp³-hybridized carbons (Fsp3) is 0.158. The summed E-state index contributed by atoms with van der Waals surface area (Å²) < 4.78 is 12.3. The number of anilines is 1. The number of nitrogens with zero attached hydrogens (tertiary/aromatic N) is 2. The first-order valence-corrected chi connectivity index (χ1v) is 10.7. The molecular weight excluding hydrogens is 527 g/mol. The first kappa shape index (κ1) is 21.5. The van der Waals surface area contributed by atoms with E-state index in [1.165, 1.54) is 40.9 Å². The number of thiocarbonyl (C=S) groups is 1. The second kappa shape index (κ2) is 9.09.